The van der Waals surface area contributed by atoms with E-state index < -0.39 is 0 Å². The van der Waals surface area contributed by atoms with Crippen LogP contribution in [0.2, 0.25) is 0 Å². The number of rotatable bonds is 8. The third-order valence-electron chi connectivity index (χ3n) is 2.02. The summed E-state index contributed by atoms with van der Waals surface area (Å²) in [6.07, 6.45) is 5.37. The fourth-order valence-corrected chi connectivity index (χ4v) is 1.18. The van der Waals surface area contributed by atoms with Gasteiger partial charge in [-0.25, -0.2) is 4.98 Å². The van der Waals surface area contributed by atoms with Crippen LogP contribution in [0.15, 0.2) is 18.7 Å². The molecule has 0 aliphatic heterocycles. The number of nitrogens with zero attached hydrogens (tertiary/aromatic N) is 2. The summed E-state index contributed by atoms with van der Waals surface area (Å²) >= 11 is 0. The van der Waals surface area contributed by atoms with Crippen LogP contribution in [0.4, 0.5) is 0 Å². The summed E-state index contributed by atoms with van der Waals surface area (Å²) in [7, 11) is 1.61. The lowest BCUT2D eigenvalue weighted by atomic mass is 10.5. The van der Waals surface area contributed by atoms with Crippen LogP contribution < -0.4 is 10.6 Å². The van der Waals surface area contributed by atoms with Crippen molar-refractivity contribution in [2.75, 3.05) is 33.4 Å². The minimum atomic E-state index is -0.0114. The van der Waals surface area contributed by atoms with Crippen molar-refractivity contribution in [1.29, 1.82) is 0 Å². The molecular weight excluding hydrogens is 208 g/mol. The molecule has 0 spiro atoms. The molecule has 1 amide bonds. The smallest absolute Gasteiger partial charge is 0.234 e. The van der Waals surface area contributed by atoms with Crippen molar-refractivity contribution in [3.05, 3.63) is 18.7 Å². The van der Waals surface area contributed by atoms with Crippen LogP contribution in [0.25, 0.3) is 0 Å². The Kier molecular flexibility index (Phi) is 6.20. The number of imidazole rings is 1. The van der Waals surface area contributed by atoms with E-state index in [1.165, 1.54) is 0 Å². The van der Waals surface area contributed by atoms with Gasteiger partial charge in [0.2, 0.25) is 5.91 Å². The molecule has 0 aromatic carbocycles. The highest BCUT2D eigenvalue weighted by Crippen LogP contribution is 1.83. The lowest BCUT2D eigenvalue weighted by molar-refractivity contribution is -0.120. The first-order chi connectivity index (χ1) is 7.83. The molecule has 1 aromatic heterocycles. The largest absolute Gasteiger partial charge is 0.383 e. The average molecular weight is 226 g/mol. The molecule has 0 aliphatic carbocycles. The maximum Gasteiger partial charge on any atom is 0.234 e. The molecule has 0 fully saturated rings. The summed E-state index contributed by atoms with van der Waals surface area (Å²) in [5.41, 5.74) is 0. The molecule has 0 atom stereocenters. The third kappa shape index (κ3) is 5.47. The van der Waals surface area contributed by atoms with Gasteiger partial charge in [-0.05, 0) is 0 Å². The molecule has 16 heavy (non-hydrogen) atoms. The van der Waals surface area contributed by atoms with E-state index in [9.17, 15) is 4.79 Å². The number of hydrogen-bond donors (Lipinski definition) is 2. The van der Waals surface area contributed by atoms with Crippen molar-refractivity contribution in [1.82, 2.24) is 20.2 Å². The van der Waals surface area contributed by atoms with E-state index >= 15 is 0 Å². The van der Waals surface area contributed by atoms with E-state index in [1.807, 2.05) is 10.8 Å². The number of aromatic nitrogens is 2. The van der Waals surface area contributed by atoms with Crippen molar-refractivity contribution >= 4 is 5.91 Å². The molecule has 0 saturated carbocycles. The van der Waals surface area contributed by atoms with Crippen molar-refractivity contribution in [3.63, 3.8) is 0 Å². The van der Waals surface area contributed by atoms with Crippen LogP contribution >= 0.6 is 0 Å². The summed E-state index contributed by atoms with van der Waals surface area (Å²) in [4.78, 5) is 15.2. The van der Waals surface area contributed by atoms with E-state index in [0.29, 0.717) is 19.7 Å². The van der Waals surface area contributed by atoms with Gasteiger partial charge >= 0.3 is 0 Å². The van der Waals surface area contributed by atoms with Gasteiger partial charge in [0.1, 0.15) is 0 Å². The minimum Gasteiger partial charge on any atom is -0.383 e. The van der Waals surface area contributed by atoms with E-state index in [0.717, 1.165) is 13.1 Å². The van der Waals surface area contributed by atoms with Crippen molar-refractivity contribution in [3.8, 4) is 0 Å². The molecule has 0 saturated heterocycles. The summed E-state index contributed by atoms with van der Waals surface area (Å²) in [6.45, 7) is 2.98. The number of carbonyl (C=O) groups is 1. The fourth-order valence-electron chi connectivity index (χ4n) is 1.18. The molecule has 1 aromatic rings. The van der Waals surface area contributed by atoms with Gasteiger partial charge in [-0.1, -0.05) is 0 Å². The predicted octanol–water partition coefficient (Wildman–Crippen LogP) is -0.765. The van der Waals surface area contributed by atoms with Crippen molar-refractivity contribution < 1.29 is 9.53 Å². The van der Waals surface area contributed by atoms with Crippen molar-refractivity contribution in [2.24, 2.45) is 0 Å². The Balaban J connectivity index is 1.96. The van der Waals surface area contributed by atoms with Gasteiger partial charge in [-0.15, -0.1) is 0 Å². The molecule has 0 unspecified atom stereocenters. The number of amides is 1. The van der Waals surface area contributed by atoms with Crippen LogP contribution in [0.1, 0.15) is 0 Å². The SMILES string of the molecule is COCCNC(=O)CNCCn1ccnc1. The quantitative estimate of drug-likeness (QED) is 0.571. The van der Waals surface area contributed by atoms with Crippen LogP contribution in [-0.4, -0.2) is 48.8 Å². The van der Waals surface area contributed by atoms with E-state index in [-0.39, 0.29) is 5.91 Å². The van der Waals surface area contributed by atoms with Gasteiger partial charge in [0.15, 0.2) is 0 Å². The maximum absolute atomic E-state index is 11.2. The number of hydrogen-bond acceptors (Lipinski definition) is 4. The first-order valence-corrected chi connectivity index (χ1v) is 5.25. The molecule has 0 bridgehead atoms. The topological polar surface area (TPSA) is 68.2 Å². The minimum absolute atomic E-state index is 0.0114. The Morgan fingerprint density at radius 2 is 2.38 bits per heavy atom. The molecule has 2 N–H and O–H groups in total. The van der Waals surface area contributed by atoms with Crippen LogP contribution in [-0.2, 0) is 16.1 Å². The lowest BCUT2D eigenvalue weighted by Crippen LogP contribution is -2.36. The zero-order valence-corrected chi connectivity index (χ0v) is 9.48. The van der Waals surface area contributed by atoms with Gasteiger partial charge in [0.05, 0.1) is 19.5 Å². The normalized spacial score (nSPS) is 10.3. The highest BCUT2D eigenvalue weighted by atomic mass is 16.5. The highest BCUT2D eigenvalue weighted by Gasteiger charge is 1.98. The predicted molar refractivity (Wildman–Crippen MR) is 60.0 cm³/mol. The first-order valence-electron chi connectivity index (χ1n) is 5.25. The summed E-state index contributed by atoms with van der Waals surface area (Å²) in [5.74, 6) is -0.0114. The Bertz CT molecular complexity index is 287. The zero-order valence-electron chi connectivity index (χ0n) is 9.48. The second kappa shape index (κ2) is 7.84. The maximum atomic E-state index is 11.2. The van der Waals surface area contributed by atoms with E-state index in [1.54, 1.807) is 19.6 Å². The van der Waals surface area contributed by atoms with Crippen molar-refractivity contribution in [2.45, 2.75) is 6.54 Å². The zero-order chi connectivity index (χ0) is 11.6. The average Bonchev–Trinajstić information content (AvgIpc) is 2.78. The standard InChI is InChI=1S/C10H18N4O2/c1-16-7-4-13-10(15)8-11-2-5-14-6-3-12-9-14/h3,6,9,11H,2,4-5,7-8H2,1H3,(H,13,15). The van der Waals surface area contributed by atoms with Gasteiger partial charge < -0.3 is 19.9 Å². The van der Waals surface area contributed by atoms with Gasteiger partial charge in [0, 0.05) is 39.1 Å². The van der Waals surface area contributed by atoms with Crippen LogP contribution in [0.5, 0.6) is 0 Å². The van der Waals surface area contributed by atoms with Gasteiger partial charge in [-0.3, -0.25) is 4.79 Å². The summed E-state index contributed by atoms with van der Waals surface area (Å²) in [5, 5.41) is 5.78. The van der Waals surface area contributed by atoms with Gasteiger partial charge in [0.25, 0.3) is 0 Å². The fraction of sp³-hybridized carbons (Fsp3) is 0.600. The van der Waals surface area contributed by atoms with Crippen LogP contribution in [0, 0.1) is 0 Å². The van der Waals surface area contributed by atoms with E-state index in [4.69, 9.17) is 4.74 Å². The molecule has 0 radical (unpaired) electrons. The van der Waals surface area contributed by atoms with Crippen LogP contribution in [0.3, 0.4) is 0 Å². The molecule has 0 aliphatic rings. The second-order valence-electron chi connectivity index (χ2n) is 3.32. The third-order valence-corrected chi connectivity index (χ3v) is 2.02. The Hall–Kier alpha value is -1.40. The lowest BCUT2D eigenvalue weighted by Gasteiger charge is -2.06. The monoisotopic (exact) mass is 226 g/mol. The number of ether oxygens (including phenoxy) is 1. The van der Waals surface area contributed by atoms with Gasteiger partial charge in [-0.2, -0.15) is 0 Å². The number of nitrogens with one attached hydrogen (secondary N) is 2. The second-order valence-corrected chi connectivity index (χ2v) is 3.32. The summed E-state index contributed by atoms with van der Waals surface area (Å²) in [6, 6.07) is 0. The summed E-state index contributed by atoms with van der Waals surface area (Å²) < 4.78 is 6.78. The van der Waals surface area contributed by atoms with E-state index in [2.05, 4.69) is 15.6 Å². The molecule has 1 heterocycles. The first kappa shape index (κ1) is 12.7. The molecule has 6 heteroatoms. The molecular formula is C10H18N4O2. The molecule has 90 valence electrons. The molecule has 1 rings (SSSR count). The Morgan fingerprint density at radius 1 is 1.50 bits per heavy atom. The Morgan fingerprint density at radius 3 is 3.06 bits per heavy atom. The highest BCUT2D eigenvalue weighted by molar-refractivity contribution is 5.77. The molecule has 6 nitrogen and oxygen atoms in total. The number of methoxy groups -OCH3 is 1. The Labute approximate surface area is 95.0 Å². The number of carbonyl (C=O) groups excluding carboxylic acids is 1.